The van der Waals surface area contributed by atoms with Gasteiger partial charge in [0.05, 0.1) is 24.7 Å². The first-order chi connectivity index (χ1) is 7.70. The van der Waals surface area contributed by atoms with Crippen molar-refractivity contribution in [1.82, 2.24) is 5.32 Å². The van der Waals surface area contributed by atoms with E-state index in [-0.39, 0.29) is 11.9 Å². The molecule has 4 heteroatoms. The van der Waals surface area contributed by atoms with Crippen LogP contribution in [0.1, 0.15) is 33.1 Å². The summed E-state index contributed by atoms with van der Waals surface area (Å²) in [7, 11) is 0. The van der Waals surface area contributed by atoms with Crippen molar-refractivity contribution in [2.45, 2.75) is 51.4 Å². The molecular formula is C12H21NO3. The minimum Gasteiger partial charge on any atom is -0.466 e. The molecule has 4 atom stereocenters. The van der Waals surface area contributed by atoms with Gasteiger partial charge in [0, 0.05) is 12.6 Å². The average Bonchev–Trinajstić information content (AvgIpc) is 2.87. The van der Waals surface area contributed by atoms with Gasteiger partial charge in [0.1, 0.15) is 0 Å². The monoisotopic (exact) mass is 227 g/mol. The third kappa shape index (κ3) is 2.55. The zero-order valence-corrected chi connectivity index (χ0v) is 10.1. The molecule has 0 amide bonds. The Morgan fingerprint density at radius 3 is 2.94 bits per heavy atom. The lowest BCUT2D eigenvalue weighted by Gasteiger charge is -2.21. The molecule has 2 saturated heterocycles. The third-order valence-electron chi connectivity index (χ3n) is 3.48. The molecule has 0 aromatic rings. The number of esters is 1. The number of rotatable bonds is 5. The lowest BCUT2D eigenvalue weighted by molar-refractivity contribution is -0.147. The minimum absolute atomic E-state index is 0.0703. The summed E-state index contributed by atoms with van der Waals surface area (Å²) < 4.78 is 10.7. The van der Waals surface area contributed by atoms with Crippen LogP contribution in [0, 0.1) is 5.92 Å². The van der Waals surface area contributed by atoms with E-state index in [1.165, 1.54) is 6.42 Å². The zero-order valence-electron chi connectivity index (χ0n) is 10.1. The highest BCUT2D eigenvalue weighted by Crippen LogP contribution is 2.34. The highest BCUT2D eigenvalue weighted by atomic mass is 16.5. The number of carbonyl (C=O) groups excluding carboxylic acids is 1. The first-order valence-corrected chi connectivity index (χ1v) is 6.26. The number of fused-ring (bicyclic) bond motifs is 2. The van der Waals surface area contributed by atoms with Crippen molar-refractivity contribution < 1.29 is 14.3 Å². The van der Waals surface area contributed by atoms with E-state index < -0.39 is 0 Å². The Morgan fingerprint density at radius 2 is 2.38 bits per heavy atom. The molecule has 0 spiro atoms. The van der Waals surface area contributed by atoms with Crippen molar-refractivity contribution in [3.63, 3.8) is 0 Å². The summed E-state index contributed by atoms with van der Waals surface area (Å²) in [5.74, 6) is -0.182. The second-order valence-electron chi connectivity index (χ2n) is 4.78. The molecule has 2 bridgehead atoms. The molecule has 0 aromatic carbocycles. The molecule has 2 fully saturated rings. The molecule has 4 unspecified atom stereocenters. The number of ether oxygens (including phenoxy) is 2. The lowest BCUT2D eigenvalue weighted by Crippen LogP contribution is -2.41. The molecule has 2 aliphatic rings. The van der Waals surface area contributed by atoms with Gasteiger partial charge in [-0.15, -0.1) is 0 Å². The molecule has 0 saturated carbocycles. The highest BCUT2D eigenvalue weighted by Gasteiger charge is 2.40. The normalized spacial score (nSPS) is 34.0. The van der Waals surface area contributed by atoms with Crippen LogP contribution in [0.25, 0.3) is 0 Å². The number of carbonyl (C=O) groups is 1. The molecule has 0 aliphatic carbocycles. The van der Waals surface area contributed by atoms with Gasteiger partial charge in [0.2, 0.25) is 0 Å². The summed E-state index contributed by atoms with van der Waals surface area (Å²) >= 11 is 0. The SMILES string of the molecule is CCOC(=O)C(C)CNC1CC2CCC1O2. The molecule has 2 heterocycles. The van der Waals surface area contributed by atoms with E-state index in [2.05, 4.69) is 5.32 Å². The van der Waals surface area contributed by atoms with Gasteiger partial charge in [0.15, 0.2) is 0 Å². The Balaban J connectivity index is 1.69. The van der Waals surface area contributed by atoms with Crippen molar-refractivity contribution in [3.05, 3.63) is 0 Å². The number of nitrogens with one attached hydrogen (secondary N) is 1. The maximum absolute atomic E-state index is 11.4. The van der Waals surface area contributed by atoms with E-state index in [9.17, 15) is 4.79 Å². The summed E-state index contributed by atoms with van der Waals surface area (Å²) in [5, 5.41) is 3.43. The Kier molecular flexibility index (Phi) is 3.82. The summed E-state index contributed by atoms with van der Waals surface area (Å²) in [4.78, 5) is 11.4. The van der Waals surface area contributed by atoms with E-state index in [1.807, 2.05) is 13.8 Å². The van der Waals surface area contributed by atoms with E-state index in [0.29, 0.717) is 31.4 Å². The second kappa shape index (κ2) is 5.15. The third-order valence-corrected chi connectivity index (χ3v) is 3.48. The largest absolute Gasteiger partial charge is 0.466 e. The van der Waals surface area contributed by atoms with Gasteiger partial charge < -0.3 is 14.8 Å². The predicted molar refractivity (Wildman–Crippen MR) is 60.1 cm³/mol. The van der Waals surface area contributed by atoms with Crippen LogP contribution in [0.15, 0.2) is 0 Å². The minimum atomic E-state index is -0.112. The standard InChI is InChI=1S/C12H21NO3/c1-3-15-12(14)8(2)7-13-10-6-9-4-5-11(10)16-9/h8-11,13H,3-7H2,1-2H3. The molecule has 4 nitrogen and oxygen atoms in total. The van der Waals surface area contributed by atoms with Crippen LogP contribution in [0.5, 0.6) is 0 Å². The lowest BCUT2D eigenvalue weighted by atomic mass is 9.95. The topological polar surface area (TPSA) is 47.6 Å². The van der Waals surface area contributed by atoms with Gasteiger partial charge >= 0.3 is 5.97 Å². The van der Waals surface area contributed by atoms with E-state index >= 15 is 0 Å². The first-order valence-electron chi connectivity index (χ1n) is 6.26. The van der Waals surface area contributed by atoms with Gasteiger partial charge in [-0.05, 0) is 26.2 Å². The van der Waals surface area contributed by atoms with Gasteiger partial charge in [-0.1, -0.05) is 6.92 Å². The van der Waals surface area contributed by atoms with Crippen LogP contribution >= 0.6 is 0 Å². The Hall–Kier alpha value is -0.610. The van der Waals surface area contributed by atoms with Crippen LogP contribution in [0.3, 0.4) is 0 Å². The fourth-order valence-electron chi connectivity index (χ4n) is 2.55. The molecule has 1 N–H and O–H groups in total. The van der Waals surface area contributed by atoms with Crippen molar-refractivity contribution in [2.75, 3.05) is 13.2 Å². The van der Waals surface area contributed by atoms with E-state index in [1.54, 1.807) is 0 Å². The Labute approximate surface area is 96.7 Å². The predicted octanol–water partition coefficient (Wildman–Crippen LogP) is 1.10. The van der Waals surface area contributed by atoms with Crippen LogP contribution in [0.2, 0.25) is 0 Å². The summed E-state index contributed by atoms with van der Waals surface area (Å²) in [6, 6.07) is 0.440. The van der Waals surface area contributed by atoms with Crippen LogP contribution < -0.4 is 5.32 Å². The fourth-order valence-corrected chi connectivity index (χ4v) is 2.55. The number of hydrogen-bond donors (Lipinski definition) is 1. The highest BCUT2D eigenvalue weighted by molar-refractivity contribution is 5.72. The number of hydrogen-bond acceptors (Lipinski definition) is 4. The quantitative estimate of drug-likeness (QED) is 0.714. The molecule has 0 radical (unpaired) electrons. The van der Waals surface area contributed by atoms with Gasteiger partial charge in [0.25, 0.3) is 0 Å². The van der Waals surface area contributed by atoms with Crippen molar-refractivity contribution in [2.24, 2.45) is 5.92 Å². The van der Waals surface area contributed by atoms with Gasteiger partial charge in [-0.25, -0.2) is 0 Å². The Bertz CT molecular complexity index is 257. The van der Waals surface area contributed by atoms with Gasteiger partial charge in [-0.3, -0.25) is 4.79 Å². The summed E-state index contributed by atoms with van der Waals surface area (Å²) in [6.45, 7) is 4.89. The van der Waals surface area contributed by atoms with Crippen molar-refractivity contribution in [3.8, 4) is 0 Å². The first kappa shape index (κ1) is 11.9. The van der Waals surface area contributed by atoms with Gasteiger partial charge in [-0.2, -0.15) is 0 Å². The maximum atomic E-state index is 11.4. The van der Waals surface area contributed by atoms with Crippen LogP contribution in [0.4, 0.5) is 0 Å². The maximum Gasteiger partial charge on any atom is 0.309 e. The summed E-state index contributed by atoms with van der Waals surface area (Å²) in [5.41, 5.74) is 0. The smallest absolute Gasteiger partial charge is 0.309 e. The zero-order chi connectivity index (χ0) is 11.5. The second-order valence-corrected chi connectivity index (χ2v) is 4.78. The van der Waals surface area contributed by atoms with Crippen LogP contribution in [-0.2, 0) is 14.3 Å². The molecular weight excluding hydrogens is 206 g/mol. The van der Waals surface area contributed by atoms with E-state index in [0.717, 1.165) is 12.8 Å². The molecule has 2 aliphatic heterocycles. The Morgan fingerprint density at radius 1 is 1.56 bits per heavy atom. The fraction of sp³-hybridized carbons (Fsp3) is 0.917. The molecule has 0 aromatic heterocycles. The van der Waals surface area contributed by atoms with Crippen molar-refractivity contribution >= 4 is 5.97 Å². The van der Waals surface area contributed by atoms with Crippen LogP contribution in [-0.4, -0.2) is 37.4 Å². The average molecular weight is 227 g/mol. The summed E-state index contributed by atoms with van der Waals surface area (Å²) in [6.07, 6.45) is 4.30. The molecule has 2 rings (SSSR count). The molecule has 92 valence electrons. The van der Waals surface area contributed by atoms with Crippen molar-refractivity contribution in [1.29, 1.82) is 0 Å². The van der Waals surface area contributed by atoms with E-state index in [4.69, 9.17) is 9.47 Å². The molecule has 16 heavy (non-hydrogen) atoms.